The summed E-state index contributed by atoms with van der Waals surface area (Å²) in [5, 5.41) is 19.3. The fourth-order valence-corrected chi connectivity index (χ4v) is 12.3. The molecule has 1 unspecified atom stereocenters. The highest BCUT2D eigenvalue weighted by atomic mass is 16.2. The number of urea groups is 5. The van der Waals surface area contributed by atoms with E-state index in [1.165, 1.54) is 38.5 Å². The smallest absolute Gasteiger partial charge is 0.327 e. The van der Waals surface area contributed by atoms with E-state index in [-0.39, 0.29) is 25.2 Å². The number of imide groups is 1. The summed E-state index contributed by atoms with van der Waals surface area (Å²) in [5.41, 5.74) is 3.71. The molecule has 0 radical (unpaired) electrons. The topological polar surface area (TPSA) is 167 Å². The van der Waals surface area contributed by atoms with Gasteiger partial charge in [0.05, 0.1) is 12.1 Å². The van der Waals surface area contributed by atoms with Gasteiger partial charge in [-0.2, -0.15) is 0 Å². The molecule has 14 heteroatoms. The summed E-state index contributed by atoms with van der Waals surface area (Å²) in [4.78, 5) is 75.4. The number of unbranched alkanes of at least 4 members (excludes halogenated alkanes) is 1. The summed E-state index contributed by atoms with van der Waals surface area (Å²) in [6.07, 6.45) is 11.0. The van der Waals surface area contributed by atoms with Crippen molar-refractivity contribution in [2.24, 2.45) is 23.2 Å². The average Bonchev–Trinajstić information content (AvgIpc) is 3.42. The average molecular weight is 1010 g/mol. The number of anilines is 4. The Labute approximate surface area is 441 Å². The van der Waals surface area contributed by atoms with Crippen molar-refractivity contribution in [1.82, 2.24) is 25.3 Å². The van der Waals surface area contributed by atoms with Gasteiger partial charge in [0, 0.05) is 56.0 Å². The molecule has 0 aliphatic heterocycles. The predicted octanol–water partition coefficient (Wildman–Crippen LogP) is 12.7. The molecule has 4 aliphatic carbocycles. The van der Waals surface area contributed by atoms with Crippen LogP contribution in [-0.2, 0) is 6.42 Å². The van der Waals surface area contributed by atoms with Gasteiger partial charge in [0.1, 0.15) is 0 Å². The Hall–Kier alpha value is -7.87. The third-order valence-electron chi connectivity index (χ3n) is 15.7. The highest BCUT2D eigenvalue weighted by Crippen LogP contribution is 2.61. The molecule has 6 N–H and O–H groups in total. The summed E-state index contributed by atoms with van der Waals surface area (Å²) in [5.74, 6) is 2.45. The number of nitrogens with one attached hydrogen (secondary N) is 6. The number of likely N-dealkylation sites (N-methyl/N-ethyl adjacent to an activating group) is 1. The van der Waals surface area contributed by atoms with Crippen molar-refractivity contribution in [2.75, 3.05) is 54.5 Å². The quantitative estimate of drug-likeness (QED) is 0.0418. The lowest BCUT2D eigenvalue weighted by atomic mass is 9.49. The number of rotatable bonds is 20. The Balaban J connectivity index is 0.972. The molecule has 4 bridgehead atoms. The van der Waals surface area contributed by atoms with Gasteiger partial charge in [0.25, 0.3) is 0 Å². The van der Waals surface area contributed by atoms with Gasteiger partial charge in [0.2, 0.25) is 0 Å². The van der Waals surface area contributed by atoms with E-state index in [0.717, 1.165) is 46.2 Å². The molecule has 0 aromatic heterocycles. The molecule has 14 nitrogen and oxygen atoms in total. The molecule has 75 heavy (non-hydrogen) atoms. The zero-order valence-corrected chi connectivity index (χ0v) is 43.0. The number of carbonyl (C=O) groups is 5. The maximum atomic E-state index is 15.0. The number of hydrogen-bond donors (Lipinski definition) is 6. The summed E-state index contributed by atoms with van der Waals surface area (Å²) < 4.78 is 0. The monoisotopic (exact) mass is 1010 g/mol. The first-order valence-electron chi connectivity index (χ1n) is 26.7. The van der Waals surface area contributed by atoms with E-state index in [1.807, 2.05) is 138 Å². The highest BCUT2D eigenvalue weighted by molar-refractivity contribution is 6.00. The van der Waals surface area contributed by atoms with Crippen LogP contribution in [0.3, 0.4) is 0 Å². The molecule has 4 saturated carbocycles. The van der Waals surface area contributed by atoms with Crippen LogP contribution in [0.1, 0.15) is 69.8 Å². The Bertz CT molecular complexity index is 2820. The van der Waals surface area contributed by atoms with Crippen molar-refractivity contribution in [3.8, 4) is 0 Å². The summed E-state index contributed by atoms with van der Waals surface area (Å²) >= 11 is 0. The third-order valence-corrected chi connectivity index (χ3v) is 15.7. The van der Waals surface area contributed by atoms with Crippen molar-refractivity contribution >= 4 is 63.7 Å². The first kappa shape index (κ1) is 52.0. The molecular formula is C61H71N9O5. The van der Waals surface area contributed by atoms with Crippen LogP contribution >= 0.6 is 0 Å². The van der Waals surface area contributed by atoms with E-state index in [0.29, 0.717) is 61.2 Å². The third kappa shape index (κ3) is 14.5. The van der Waals surface area contributed by atoms with E-state index in [4.69, 9.17) is 0 Å². The van der Waals surface area contributed by atoms with E-state index in [2.05, 4.69) is 38.0 Å². The SMILES string of the molecule is CN(C(=O)Nc1ccccc1)C(CCCCN(CCC12CC3CC(CC(C3)C1)C2)C(=O)Nc1ccccc1)CN(C(=O)Nc1ccccc1)[C@@H](CNC(=O)NC(=O)Nc1ccccc1)Cc1ccc2ccccc2c1. The molecule has 0 saturated heterocycles. The van der Waals surface area contributed by atoms with Gasteiger partial charge >= 0.3 is 30.2 Å². The van der Waals surface area contributed by atoms with E-state index in [1.54, 1.807) is 41.1 Å². The number of hydrogen-bond acceptors (Lipinski definition) is 5. The Morgan fingerprint density at radius 1 is 0.533 bits per heavy atom. The number of para-hydroxylation sites is 4. The summed E-state index contributed by atoms with van der Waals surface area (Å²) in [7, 11) is 1.75. The standard InChI is InChI=1S/C61H71N9O5/c1-68(58(73)64-51-22-8-3-9-23-51)54(28-16-17-32-69(59(74)65-52-24-10-4-11-25-52)33-31-61-39-45-34-46(40-61)36-47(35-45)41-61)43-70(60(75)66-53-26-12-5-13-27-53)55(38-44-29-30-48-18-14-15-19-49(48)37-44)42-62-56(71)67-57(72)63-50-20-6-2-7-21-50/h2-15,18-27,29-30,37,45-47,54-55H,16-17,28,31-36,38-43H2,1H3,(H,64,73)(H,65,74)(H,66,75)(H3,62,63,67,71,72)/t45?,46?,47?,54?,55-,61?/m1/s1. The number of carbonyl (C=O) groups excluding carboxylic acids is 5. The molecule has 4 fully saturated rings. The van der Waals surface area contributed by atoms with Gasteiger partial charge < -0.3 is 41.3 Å². The lowest BCUT2D eigenvalue weighted by molar-refractivity contribution is -0.0595. The molecule has 10 rings (SSSR count). The van der Waals surface area contributed by atoms with Crippen LogP contribution in [0.2, 0.25) is 0 Å². The molecule has 10 amide bonds. The van der Waals surface area contributed by atoms with Crippen LogP contribution in [0.5, 0.6) is 0 Å². The minimum Gasteiger partial charge on any atom is -0.336 e. The van der Waals surface area contributed by atoms with Gasteiger partial charge in [0.15, 0.2) is 0 Å². The number of benzene rings is 6. The predicted molar refractivity (Wildman–Crippen MR) is 299 cm³/mol. The van der Waals surface area contributed by atoms with Gasteiger partial charge in [-0.05, 0) is 159 Å². The minimum atomic E-state index is -0.740. The van der Waals surface area contributed by atoms with Crippen LogP contribution in [0.25, 0.3) is 10.8 Å². The van der Waals surface area contributed by atoms with Gasteiger partial charge in [-0.15, -0.1) is 0 Å². The Kier molecular flexibility index (Phi) is 17.3. The number of amides is 10. The second-order valence-electron chi connectivity index (χ2n) is 21.2. The zero-order chi connectivity index (χ0) is 52.0. The molecule has 6 aromatic carbocycles. The van der Waals surface area contributed by atoms with Crippen LogP contribution < -0.4 is 31.9 Å². The molecule has 6 aromatic rings. The molecule has 0 heterocycles. The van der Waals surface area contributed by atoms with Crippen LogP contribution in [-0.4, -0.2) is 90.2 Å². The molecule has 390 valence electrons. The first-order valence-corrected chi connectivity index (χ1v) is 26.7. The van der Waals surface area contributed by atoms with Crippen molar-refractivity contribution < 1.29 is 24.0 Å². The maximum absolute atomic E-state index is 15.0. The van der Waals surface area contributed by atoms with Crippen molar-refractivity contribution in [3.63, 3.8) is 0 Å². The molecule has 4 aliphatic rings. The second kappa shape index (κ2) is 24.9. The number of nitrogens with zero attached hydrogens (tertiary/aromatic N) is 3. The number of fused-ring (bicyclic) bond motifs is 1. The Morgan fingerprint density at radius 2 is 1.04 bits per heavy atom. The van der Waals surface area contributed by atoms with Crippen molar-refractivity contribution in [3.05, 3.63) is 169 Å². The molecular weight excluding hydrogens is 939 g/mol. The molecule has 0 spiro atoms. The van der Waals surface area contributed by atoms with Gasteiger partial charge in [-0.25, -0.2) is 24.0 Å². The van der Waals surface area contributed by atoms with Gasteiger partial charge in [-0.3, -0.25) is 5.32 Å². The first-order chi connectivity index (χ1) is 36.5. The van der Waals surface area contributed by atoms with Crippen LogP contribution in [0.15, 0.2) is 164 Å². The van der Waals surface area contributed by atoms with Crippen LogP contribution in [0.4, 0.5) is 46.7 Å². The Morgan fingerprint density at radius 3 is 1.61 bits per heavy atom. The van der Waals surface area contributed by atoms with E-state index < -0.39 is 30.2 Å². The van der Waals surface area contributed by atoms with Gasteiger partial charge in [-0.1, -0.05) is 115 Å². The fraction of sp³-hybridized carbons (Fsp3) is 0.361. The minimum absolute atomic E-state index is 0.0403. The lowest BCUT2D eigenvalue weighted by Gasteiger charge is -2.57. The fourth-order valence-electron chi connectivity index (χ4n) is 12.3. The van der Waals surface area contributed by atoms with E-state index >= 15 is 0 Å². The van der Waals surface area contributed by atoms with Crippen molar-refractivity contribution in [2.45, 2.75) is 82.7 Å². The lowest BCUT2D eigenvalue weighted by Crippen LogP contribution is -2.56. The normalized spacial score (nSPS) is 19.0. The molecule has 2 atom stereocenters. The largest absolute Gasteiger partial charge is 0.336 e. The zero-order valence-electron chi connectivity index (χ0n) is 43.0. The van der Waals surface area contributed by atoms with Crippen molar-refractivity contribution in [1.29, 1.82) is 0 Å². The van der Waals surface area contributed by atoms with Crippen LogP contribution in [0, 0.1) is 23.2 Å². The maximum Gasteiger partial charge on any atom is 0.327 e. The van der Waals surface area contributed by atoms with E-state index in [9.17, 15) is 24.0 Å². The second-order valence-corrected chi connectivity index (χ2v) is 21.2. The highest BCUT2D eigenvalue weighted by Gasteiger charge is 2.50. The summed E-state index contributed by atoms with van der Waals surface area (Å²) in [6, 6.07) is 47.5. The summed E-state index contributed by atoms with van der Waals surface area (Å²) in [6.45, 7) is 1.24.